The summed E-state index contributed by atoms with van der Waals surface area (Å²) in [6.45, 7) is 7.72. The van der Waals surface area contributed by atoms with Crippen LogP contribution >= 0.6 is 0 Å². The van der Waals surface area contributed by atoms with Crippen LogP contribution in [0, 0.1) is 0 Å². The van der Waals surface area contributed by atoms with E-state index in [0.29, 0.717) is 27.0 Å². The Labute approximate surface area is 190 Å². The third kappa shape index (κ3) is 5.60. The smallest absolute Gasteiger partial charge is 0.336 e. The summed E-state index contributed by atoms with van der Waals surface area (Å²) in [5.41, 5.74) is 4.17. The molecule has 0 saturated heterocycles. The quantitative estimate of drug-likeness (QED) is 0.335. The van der Waals surface area contributed by atoms with Gasteiger partial charge in [-0.2, -0.15) is 0 Å². The van der Waals surface area contributed by atoms with Gasteiger partial charge in [-0.05, 0) is 39.3 Å². The molecule has 1 aromatic rings. The van der Waals surface area contributed by atoms with Crippen molar-refractivity contribution in [1.29, 1.82) is 0 Å². The Morgan fingerprint density at radius 3 is 1.86 bits per heavy atom. The minimum absolute atomic E-state index is 0. The molecule has 160 valence electrons. The van der Waals surface area contributed by atoms with Crippen LogP contribution in [-0.4, -0.2) is 46.3 Å². The number of hydrogen-bond acceptors (Lipinski definition) is 5. The number of ether oxygens (including phenoxy) is 2. The molecular weight excluding hydrogens is 483 g/mol. The Balaban J connectivity index is 0.00000420. The van der Waals surface area contributed by atoms with Gasteiger partial charge in [0.05, 0.1) is 51.4 Å². The Bertz CT molecular complexity index is 797. The van der Waals surface area contributed by atoms with Crippen molar-refractivity contribution in [3.63, 3.8) is 0 Å². The van der Waals surface area contributed by atoms with Crippen LogP contribution in [0.4, 0.5) is 5.69 Å². The van der Waals surface area contributed by atoms with Gasteiger partial charge in [0.25, 0.3) is 0 Å². The lowest BCUT2D eigenvalue weighted by Crippen LogP contribution is -3.00. The van der Waals surface area contributed by atoms with Crippen molar-refractivity contribution in [2.24, 2.45) is 0 Å². The third-order valence-electron chi connectivity index (χ3n) is 4.73. The molecule has 0 aromatic heterocycles. The van der Waals surface area contributed by atoms with E-state index in [2.05, 4.69) is 26.5 Å². The summed E-state index contributed by atoms with van der Waals surface area (Å²) in [6, 6.07) is 7.96. The first-order valence-electron chi connectivity index (χ1n) is 9.56. The summed E-state index contributed by atoms with van der Waals surface area (Å²) in [7, 11) is 6.21. The van der Waals surface area contributed by atoms with Gasteiger partial charge in [0.15, 0.2) is 0 Å². The second-order valence-electron chi connectivity index (χ2n) is 7.68. The molecule has 0 aliphatic carbocycles. The van der Waals surface area contributed by atoms with E-state index in [1.54, 1.807) is 13.8 Å². The maximum atomic E-state index is 12.8. The van der Waals surface area contributed by atoms with E-state index in [1.807, 2.05) is 38.1 Å². The zero-order valence-electron chi connectivity index (χ0n) is 18.3. The number of nitrogens with one attached hydrogen (secondary N) is 1. The van der Waals surface area contributed by atoms with Gasteiger partial charge in [-0.15, -0.1) is 0 Å². The van der Waals surface area contributed by atoms with Crippen LogP contribution in [0.15, 0.2) is 46.8 Å². The minimum atomic E-state index is -0.550. The number of carbonyl (C=O) groups excluding carboxylic acids is 2. The van der Waals surface area contributed by atoms with E-state index in [4.69, 9.17) is 9.47 Å². The van der Waals surface area contributed by atoms with Crippen LogP contribution in [0.5, 0.6) is 0 Å². The Morgan fingerprint density at radius 1 is 0.966 bits per heavy atom. The zero-order chi connectivity index (χ0) is 21.1. The van der Waals surface area contributed by atoms with E-state index in [1.165, 1.54) is 0 Å². The van der Waals surface area contributed by atoms with E-state index >= 15 is 0 Å². The fourth-order valence-corrected chi connectivity index (χ4v) is 3.41. The molecule has 0 radical (unpaired) electrons. The first-order valence-corrected chi connectivity index (χ1v) is 9.56. The predicted molar refractivity (Wildman–Crippen MR) is 111 cm³/mol. The summed E-state index contributed by atoms with van der Waals surface area (Å²) in [6.07, 6.45) is 0. The summed E-state index contributed by atoms with van der Waals surface area (Å²) in [5, 5.41) is 3.16. The number of benzene rings is 1. The molecule has 1 heterocycles. The van der Waals surface area contributed by atoms with Crippen molar-refractivity contribution in [2.45, 2.75) is 33.6 Å². The number of quaternary nitrogens is 1. The normalized spacial score (nSPS) is 14.9. The number of hydrogen-bond donors (Lipinski definition) is 1. The molecule has 0 amide bonds. The average Bonchev–Trinajstić information content (AvgIpc) is 2.60. The number of halogens is 1. The molecule has 29 heavy (non-hydrogen) atoms. The monoisotopic (exact) mass is 514 g/mol. The maximum absolute atomic E-state index is 12.8. The molecule has 0 bridgehead atoms. The van der Waals surface area contributed by atoms with Crippen molar-refractivity contribution in [3.05, 3.63) is 52.4 Å². The van der Waals surface area contributed by atoms with Gasteiger partial charge >= 0.3 is 11.9 Å². The molecule has 0 atom stereocenters. The van der Waals surface area contributed by atoms with Crippen LogP contribution in [0.1, 0.15) is 39.2 Å². The highest BCUT2D eigenvalue weighted by atomic mass is 127. The number of carbonyl (C=O) groups is 2. The maximum Gasteiger partial charge on any atom is 0.336 e. The lowest BCUT2D eigenvalue weighted by Gasteiger charge is -2.31. The van der Waals surface area contributed by atoms with Crippen molar-refractivity contribution >= 4 is 17.6 Å². The van der Waals surface area contributed by atoms with Crippen molar-refractivity contribution < 1.29 is 43.0 Å². The van der Waals surface area contributed by atoms with E-state index in [9.17, 15) is 9.59 Å². The van der Waals surface area contributed by atoms with Crippen LogP contribution < -0.4 is 33.8 Å². The number of allylic oxidation sites excluding steroid dienone is 2. The highest BCUT2D eigenvalue weighted by Crippen LogP contribution is 2.40. The standard InChI is InChI=1S/C22H30N2O4.HI/c1-8-27-21(25)18-14(3)23-15(4)19(22(26)28-9-2)20(18)16-11-10-12-17(13-16)24(5,6)7;/h10-13,20H,8-9H2,1-7H3;1H. The van der Waals surface area contributed by atoms with Gasteiger partial charge < -0.3 is 38.8 Å². The highest BCUT2D eigenvalue weighted by Gasteiger charge is 2.38. The molecular formula is C22H31IN2O4. The fraction of sp³-hybridized carbons (Fsp3) is 0.455. The van der Waals surface area contributed by atoms with Crippen molar-refractivity contribution in [2.75, 3.05) is 34.4 Å². The summed E-state index contributed by atoms with van der Waals surface area (Å²) in [4.78, 5) is 25.6. The van der Waals surface area contributed by atoms with Crippen LogP contribution in [-0.2, 0) is 19.1 Å². The second-order valence-corrected chi connectivity index (χ2v) is 7.68. The first-order chi connectivity index (χ1) is 13.1. The molecule has 1 aromatic carbocycles. The molecule has 1 aliphatic rings. The molecule has 0 unspecified atom stereocenters. The molecule has 0 spiro atoms. The lowest BCUT2D eigenvalue weighted by atomic mass is 9.80. The molecule has 1 N–H and O–H groups in total. The highest BCUT2D eigenvalue weighted by molar-refractivity contribution is 6.00. The Morgan fingerprint density at radius 2 is 1.45 bits per heavy atom. The van der Waals surface area contributed by atoms with Crippen molar-refractivity contribution in [1.82, 2.24) is 9.80 Å². The SMILES string of the molecule is CCOC(=O)C1=C(C)NC(C)=C(C(=O)OCC)C1c1cccc([N+](C)(C)C)c1.[I-]. The Hall–Kier alpha value is -1.87. The molecule has 7 heteroatoms. The van der Waals surface area contributed by atoms with Crippen molar-refractivity contribution in [3.8, 4) is 0 Å². The fourth-order valence-electron chi connectivity index (χ4n) is 3.41. The Kier molecular flexibility index (Phi) is 8.89. The number of dihydropyridines is 1. The van der Waals surface area contributed by atoms with Crippen LogP contribution in [0.2, 0.25) is 0 Å². The lowest BCUT2D eigenvalue weighted by molar-refractivity contribution is -0.139. The summed E-state index contributed by atoms with van der Waals surface area (Å²) < 4.78 is 11.2. The van der Waals surface area contributed by atoms with E-state index in [-0.39, 0.29) is 37.2 Å². The predicted octanol–water partition coefficient (Wildman–Crippen LogP) is 0.248. The second kappa shape index (κ2) is 10.2. The number of esters is 2. The number of rotatable bonds is 6. The largest absolute Gasteiger partial charge is 1.00 e. The molecule has 0 fully saturated rings. The number of nitrogens with zero attached hydrogens (tertiary/aromatic N) is 1. The molecule has 0 saturated carbocycles. The van der Waals surface area contributed by atoms with Gasteiger partial charge in [-0.25, -0.2) is 9.59 Å². The van der Waals surface area contributed by atoms with Crippen LogP contribution in [0.3, 0.4) is 0 Å². The van der Waals surface area contributed by atoms with E-state index in [0.717, 1.165) is 11.3 Å². The van der Waals surface area contributed by atoms with E-state index < -0.39 is 17.9 Å². The van der Waals surface area contributed by atoms with Gasteiger partial charge in [-0.3, -0.25) is 4.48 Å². The first kappa shape index (κ1) is 25.2. The topological polar surface area (TPSA) is 64.6 Å². The zero-order valence-corrected chi connectivity index (χ0v) is 20.4. The molecule has 1 aliphatic heterocycles. The minimum Gasteiger partial charge on any atom is -1.00 e. The van der Waals surface area contributed by atoms with Gasteiger partial charge in [0.2, 0.25) is 0 Å². The average molecular weight is 514 g/mol. The van der Waals surface area contributed by atoms with Gasteiger partial charge in [0, 0.05) is 17.5 Å². The molecule has 2 rings (SSSR count). The summed E-state index contributed by atoms with van der Waals surface area (Å²) in [5.74, 6) is -1.41. The summed E-state index contributed by atoms with van der Waals surface area (Å²) >= 11 is 0. The molecule has 6 nitrogen and oxygen atoms in total. The van der Waals surface area contributed by atoms with Gasteiger partial charge in [0.1, 0.15) is 5.69 Å². The third-order valence-corrected chi connectivity index (χ3v) is 4.73. The van der Waals surface area contributed by atoms with Crippen LogP contribution in [0.25, 0.3) is 0 Å². The van der Waals surface area contributed by atoms with Gasteiger partial charge in [-0.1, -0.05) is 12.1 Å².